The molecule has 1 aliphatic carbocycles. The van der Waals surface area contributed by atoms with Crippen LogP contribution in [0.5, 0.6) is 0 Å². The monoisotopic (exact) mass is 717 g/mol. The molecule has 7 heterocycles. The van der Waals surface area contributed by atoms with Crippen molar-refractivity contribution in [1.82, 2.24) is 43.4 Å². The standard InChI is InChI=1S/C23H23ClFN9O7P2S2/c24-19-17-21(28-8-27-19)34(10-29-17)13-3-11-5-37-43(36,45)41-18-15(7-39-42(35,44)38-6-12(11)13)40-22(16(18)25)32-4-14-20(30-9-32)31-23-26-1-2-33(14)23/h1-2,4,8-13,15-16,18,22H,3,5-7H2,(H,35,44)(H,36,45)/t11-,12-,13-,15-,16-,18-,22-,42?,43?/m1/s1. The molecule has 2 aliphatic heterocycles. The van der Waals surface area contributed by atoms with Gasteiger partial charge in [-0.3, -0.25) is 8.92 Å². The molecule has 238 valence electrons. The molecule has 9 atom stereocenters. The van der Waals surface area contributed by atoms with E-state index in [2.05, 4.69) is 42.2 Å². The first-order valence-corrected chi connectivity index (χ1v) is 19.3. The lowest BCUT2D eigenvalue weighted by Crippen LogP contribution is -2.43. The molecule has 2 unspecified atom stereocenters. The van der Waals surface area contributed by atoms with Crippen molar-refractivity contribution in [3.8, 4) is 0 Å². The van der Waals surface area contributed by atoms with Crippen LogP contribution in [0.4, 0.5) is 4.39 Å². The summed E-state index contributed by atoms with van der Waals surface area (Å²) in [5, 5.41) is 0.214. The summed E-state index contributed by atoms with van der Waals surface area (Å²) in [5.74, 6) is -0.0728. The molecule has 0 spiro atoms. The third-order valence-electron chi connectivity index (χ3n) is 8.32. The Bertz CT molecular complexity index is 2030. The molecule has 0 aromatic carbocycles. The van der Waals surface area contributed by atoms with Crippen molar-refractivity contribution in [2.45, 2.75) is 37.1 Å². The second kappa shape index (κ2) is 11.2. The highest BCUT2D eigenvalue weighted by Gasteiger charge is 2.51. The quantitative estimate of drug-likeness (QED) is 0.154. The van der Waals surface area contributed by atoms with Gasteiger partial charge in [0.15, 0.2) is 28.8 Å². The number of fused-ring (bicyclic) bond motifs is 6. The predicted octanol–water partition coefficient (Wildman–Crippen LogP) is 3.69. The summed E-state index contributed by atoms with van der Waals surface area (Å²) in [5.41, 5.74) is 1.94. The molecule has 22 heteroatoms. The Kier molecular flexibility index (Phi) is 7.54. The topological polar surface area (TPSA) is 175 Å². The highest BCUT2D eigenvalue weighted by Crippen LogP contribution is 2.59. The molecule has 16 nitrogen and oxygen atoms in total. The van der Waals surface area contributed by atoms with Gasteiger partial charge >= 0.3 is 13.5 Å². The molecule has 0 bridgehead atoms. The maximum atomic E-state index is 16.1. The molecule has 5 aromatic rings. The number of aromatic nitrogens is 9. The summed E-state index contributed by atoms with van der Waals surface area (Å²) in [6, 6.07) is -0.197. The van der Waals surface area contributed by atoms with Gasteiger partial charge in [-0.05, 0) is 24.1 Å². The SMILES string of the molecule is O=P1(S)OC[C@H]2C[C@@H](n3cnc4c(Cl)ncnc43)[C@@H]2COP(O)(=S)OC[C@H]2O[C@@H](n3cnc4nc5nccn5c4c3)[C@H](F)[C@@H]2O1. The normalized spacial score (nSPS) is 36.2. The minimum Gasteiger partial charge on any atom is -0.346 e. The van der Waals surface area contributed by atoms with Crippen LogP contribution in [0.15, 0.2) is 37.6 Å². The fraction of sp³-hybridized carbons (Fsp3) is 0.478. The average molecular weight is 718 g/mol. The first kappa shape index (κ1) is 30.2. The number of imidazole rings is 3. The van der Waals surface area contributed by atoms with E-state index < -0.39 is 44.7 Å². The molecule has 45 heavy (non-hydrogen) atoms. The van der Waals surface area contributed by atoms with E-state index in [9.17, 15) is 9.46 Å². The van der Waals surface area contributed by atoms with Crippen molar-refractivity contribution in [3.05, 3.63) is 42.7 Å². The van der Waals surface area contributed by atoms with E-state index in [0.717, 1.165) is 0 Å². The highest BCUT2D eigenvalue weighted by atomic mass is 35.5. The van der Waals surface area contributed by atoms with Gasteiger partial charge in [0.05, 0.1) is 32.5 Å². The number of ether oxygens (including phenoxy) is 1. The van der Waals surface area contributed by atoms with Gasteiger partial charge in [0.2, 0.25) is 5.78 Å². The largest absolute Gasteiger partial charge is 0.386 e. The van der Waals surface area contributed by atoms with Gasteiger partial charge in [-0.15, -0.1) is 0 Å². The Morgan fingerprint density at radius 3 is 2.82 bits per heavy atom. The number of halogens is 2. The Morgan fingerprint density at radius 2 is 1.96 bits per heavy atom. The predicted molar refractivity (Wildman–Crippen MR) is 162 cm³/mol. The third kappa shape index (κ3) is 5.41. The first-order valence-electron chi connectivity index (χ1n) is 13.6. The highest BCUT2D eigenvalue weighted by molar-refractivity contribution is 8.44. The van der Waals surface area contributed by atoms with Crippen LogP contribution in [-0.2, 0) is 39.2 Å². The Labute approximate surface area is 268 Å². The second-order valence-corrected chi connectivity index (χ2v) is 16.9. The first-order chi connectivity index (χ1) is 21.6. The van der Waals surface area contributed by atoms with Gasteiger partial charge in [0.1, 0.15) is 29.6 Å². The number of alkyl halides is 1. The fourth-order valence-electron chi connectivity index (χ4n) is 6.03. The number of rotatable bonds is 2. The number of thiol groups is 1. The van der Waals surface area contributed by atoms with Crippen molar-refractivity contribution in [2.24, 2.45) is 11.8 Å². The van der Waals surface area contributed by atoms with Crippen LogP contribution in [0.25, 0.3) is 28.1 Å². The van der Waals surface area contributed by atoms with E-state index in [0.29, 0.717) is 34.5 Å². The summed E-state index contributed by atoms with van der Waals surface area (Å²) < 4.78 is 63.2. The summed E-state index contributed by atoms with van der Waals surface area (Å²) in [4.78, 5) is 36.3. The van der Waals surface area contributed by atoms with E-state index in [4.69, 9.17) is 46.2 Å². The van der Waals surface area contributed by atoms with Crippen LogP contribution in [0, 0.1) is 11.8 Å². The van der Waals surface area contributed by atoms with Gasteiger partial charge < -0.3 is 32.3 Å². The van der Waals surface area contributed by atoms with Gasteiger partial charge in [-0.1, -0.05) is 23.8 Å². The smallest absolute Gasteiger partial charge is 0.346 e. The molecule has 5 aromatic heterocycles. The maximum absolute atomic E-state index is 16.1. The average Bonchev–Trinajstić information content (AvgIpc) is 3.75. The van der Waals surface area contributed by atoms with Gasteiger partial charge in [0, 0.05) is 30.6 Å². The van der Waals surface area contributed by atoms with Crippen LogP contribution in [-0.4, -0.2) is 86.5 Å². The summed E-state index contributed by atoms with van der Waals surface area (Å²) in [7, 11) is 0. The van der Waals surface area contributed by atoms with Crippen molar-refractivity contribution in [2.75, 3.05) is 19.8 Å². The lowest BCUT2D eigenvalue weighted by Gasteiger charge is -2.45. The van der Waals surface area contributed by atoms with Crippen LogP contribution >= 0.6 is 37.4 Å². The van der Waals surface area contributed by atoms with E-state index in [1.165, 1.54) is 17.2 Å². The molecule has 0 amide bonds. The number of hydrogen-bond acceptors (Lipinski definition) is 13. The van der Waals surface area contributed by atoms with Gasteiger partial charge in [-0.2, -0.15) is 4.98 Å². The Hall–Kier alpha value is -2.15. The van der Waals surface area contributed by atoms with E-state index in [1.54, 1.807) is 29.3 Å². The zero-order valence-corrected chi connectivity index (χ0v) is 27.0. The lowest BCUT2D eigenvalue weighted by atomic mass is 9.70. The molecule has 3 aliphatic rings. The molecule has 3 fully saturated rings. The van der Waals surface area contributed by atoms with Crippen LogP contribution < -0.4 is 0 Å². The fourth-order valence-corrected chi connectivity index (χ4v) is 8.87. The number of hydrogen-bond donors (Lipinski definition) is 2. The van der Waals surface area contributed by atoms with Crippen LogP contribution in [0.3, 0.4) is 0 Å². The van der Waals surface area contributed by atoms with Crippen molar-refractivity contribution >= 4 is 77.3 Å². The minimum atomic E-state index is -4.13. The van der Waals surface area contributed by atoms with Gasteiger partial charge in [0.25, 0.3) is 0 Å². The molecular formula is C23H23ClFN9O7P2S2. The van der Waals surface area contributed by atoms with E-state index in [-0.39, 0.29) is 36.2 Å². The number of nitrogens with zero attached hydrogens (tertiary/aromatic N) is 9. The van der Waals surface area contributed by atoms with Crippen molar-refractivity contribution in [1.29, 1.82) is 0 Å². The Morgan fingerprint density at radius 1 is 1.11 bits per heavy atom. The van der Waals surface area contributed by atoms with Crippen molar-refractivity contribution in [3.63, 3.8) is 0 Å². The zero-order chi connectivity index (χ0) is 31.1. The van der Waals surface area contributed by atoms with E-state index in [1.807, 2.05) is 4.57 Å². The lowest BCUT2D eigenvalue weighted by molar-refractivity contribution is -0.0441. The second-order valence-electron chi connectivity index (χ2n) is 10.9. The third-order valence-corrected chi connectivity index (χ3v) is 11.8. The summed E-state index contributed by atoms with van der Waals surface area (Å²) >= 11 is 15.6. The molecule has 2 saturated heterocycles. The molecular weight excluding hydrogens is 695 g/mol. The summed E-state index contributed by atoms with van der Waals surface area (Å²) in [6.07, 6.45) is 3.94. The van der Waals surface area contributed by atoms with Crippen LogP contribution in [0.2, 0.25) is 5.15 Å². The summed E-state index contributed by atoms with van der Waals surface area (Å²) in [6.45, 7) is -8.47. The van der Waals surface area contributed by atoms with Gasteiger partial charge in [-0.25, -0.2) is 33.9 Å². The maximum Gasteiger partial charge on any atom is 0.386 e. The molecule has 0 radical (unpaired) electrons. The van der Waals surface area contributed by atoms with Crippen molar-refractivity contribution < 1.29 is 36.7 Å². The van der Waals surface area contributed by atoms with E-state index >= 15 is 4.39 Å². The molecule has 8 rings (SSSR count). The van der Waals surface area contributed by atoms with Crippen LogP contribution in [0.1, 0.15) is 18.7 Å². The minimum absolute atomic E-state index is 0.0239. The molecule has 1 N–H and O–H groups in total. The zero-order valence-electron chi connectivity index (χ0n) is 22.8. The molecule has 1 saturated carbocycles. The Balaban J connectivity index is 1.05.